The standard InChI is InChI=1S/C21H19ClN4OS/c1-13-23-21(14-7-9-15(22)10-8-14)18(28-13)11-20(27)26(2)12-19-24-16-5-3-4-6-17(16)25-19/h3-10H,11-12H2,1-2H3,(H,24,25). The summed E-state index contributed by atoms with van der Waals surface area (Å²) in [5, 5.41) is 1.62. The lowest BCUT2D eigenvalue weighted by atomic mass is 10.1. The smallest absolute Gasteiger partial charge is 0.228 e. The quantitative estimate of drug-likeness (QED) is 0.511. The van der Waals surface area contributed by atoms with E-state index in [1.54, 1.807) is 23.3 Å². The van der Waals surface area contributed by atoms with Gasteiger partial charge in [0, 0.05) is 22.5 Å². The van der Waals surface area contributed by atoms with Gasteiger partial charge in [0.25, 0.3) is 0 Å². The summed E-state index contributed by atoms with van der Waals surface area (Å²) in [6.45, 7) is 2.39. The fourth-order valence-electron chi connectivity index (χ4n) is 3.09. The highest BCUT2D eigenvalue weighted by Gasteiger charge is 2.18. The van der Waals surface area contributed by atoms with E-state index in [-0.39, 0.29) is 5.91 Å². The lowest BCUT2D eigenvalue weighted by Gasteiger charge is -2.15. The first-order valence-corrected chi connectivity index (χ1v) is 10.1. The van der Waals surface area contributed by atoms with Gasteiger partial charge in [-0.2, -0.15) is 0 Å². The van der Waals surface area contributed by atoms with Gasteiger partial charge in [0.15, 0.2) is 0 Å². The monoisotopic (exact) mass is 410 g/mol. The number of nitrogens with zero attached hydrogens (tertiary/aromatic N) is 3. The first-order valence-electron chi connectivity index (χ1n) is 8.89. The minimum Gasteiger partial charge on any atom is -0.340 e. The molecule has 7 heteroatoms. The number of aromatic amines is 1. The Hall–Kier alpha value is -2.70. The predicted molar refractivity (Wildman–Crippen MR) is 114 cm³/mol. The maximum absolute atomic E-state index is 12.8. The minimum atomic E-state index is 0.0271. The fourth-order valence-corrected chi connectivity index (χ4v) is 4.16. The van der Waals surface area contributed by atoms with Crippen LogP contribution in [0.15, 0.2) is 48.5 Å². The van der Waals surface area contributed by atoms with Gasteiger partial charge in [0.2, 0.25) is 5.91 Å². The number of halogens is 1. The maximum atomic E-state index is 12.8. The Balaban J connectivity index is 1.50. The third-order valence-corrected chi connectivity index (χ3v) is 5.71. The second kappa shape index (κ2) is 7.73. The number of benzene rings is 2. The van der Waals surface area contributed by atoms with Crippen LogP contribution in [0.2, 0.25) is 5.02 Å². The number of rotatable bonds is 5. The average Bonchev–Trinajstić information content (AvgIpc) is 3.24. The molecule has 28 heavy (non-hydrogen) atoms. The molecule has 142 valence electrons. The Kier molecular flexibility index (Phi) is 5.15. The molecule has 0 saturated heterocycles. The topological polar surface area (TPSA) is 61.9 Å². The number of likely N-dealkylation sites (N-methyl/N-ethyl adjacent to an activating group) is 1. The van der Waals surface area contributed by atoms with Crippen molar-refractivity contribution in [1.29, 1.82) is 0 Å². The van der Waals surface area contributed by atoms with Gasteiger partial charge in [-0.25, -0.2) is 9.97 Å². The molecule has 0 aliphatic carbocycles. The number of carbonyl (C=O) groups excluding carboxylic acids is 1. The van der Waals surface area contributed by atoms with Crippen molar-refractivity contribution in [3.8, 4) is 11.3 Å². The van der Waals surface area contributed by atoms with E-state index in [4.69, 9.17) is 11.6 Å². The van der Waals surface area contributed by atoms with Gasteiger partial charge in [-0.1, -0.05) is 35.9 Å². The summed E-state index contributed by atoms with van der Waals surface area (Å²) in [4.78, 5) is 27.9. The van der Waals surface area contributed by atoms with E-state index < -0.39 is 0 Å². The molecule has 4 aromatic rings. The first-order chi connectivity index (χ1) is 13.5. The zero-order valence-corrected chi connectivity index (χ0v) is 17.1. The molecule has 0 radical (unpaired) electrons. The van der Waals surface area contributed by atoms with Crippen LogP contribution in [0, 0.1) is 6.92 Å². The normalized spacial score (nSPS) is 11.1. The van der Waals surface area contributed by atoms with Crippen LogP contribution in [-0.2, 0) is 17.8 Å². The summed E-state index contributed by atoms with van der Waals surface area (Å²) in [7, 11) is 1.80. The zero-order valence-electron chi connectivity index (χ0n) is 15.6. The van der Waals surface area contributed by atoms with Crippen molar-refractivity contribution in [2.45, 2.75) is 19.9 Å². The lowest BCUT2D eigenvalue weighted by Crippen LogP contribution is -2.28. The van der Waals surface area contributed by atoms with Crippen molar-refractivity contribution in [1.82, 2.24) is 19.9 Å². The maximum Gasteiger partial charge on any atom is 0.228 e. The number of carbonyl (C=O) groups is 1. The van der Waals surface area contributed by atoms with Crippen molar-refractivity contribution in [2.75, 3.05) is 7.05 Å². The lowest BCUT2D eigenvalue weighted by molar-refractivity contribution is -0.129. The molecule has 0 saturated carbocycles. The Labute approximate surface area is 172 Å². The minimum absolute atomic E-state index is 0.0271. The zero-order chi connectivity index (χ0) is 19.7. The molecular formula is C21H19ClN4OS. The van der Waals surface area contributed by atoms with Gasteiger partial charge in [-0.05, 0) is 31.2 Å². The molecule has 0 aliphatic rings. The van der Waals surface area contributed by atoms with Gasteiger partial charge in [0.05, 0.1) is 34.7 Å². The molecule has 0 fully saturated rings. The Morgan fingerprint density at radius 3 is 2.64 bits per heavy atom. The van der Waals surface area contributed by atoms with Crippen LogP contribution >= 0.6 is 22.9 Å². The highest BCUT2D eigenvalue weighted by Crippen LogP contribution is 2.29. The van der Waals surface area contributed by atoms with Crippen molar-refractivity contribution in [3.05, 3.63) is 69.3 Å². The third kappa shape index (κ3) is 3.93. The summed E-state index contributed by atoms with van der Waals surface area (Å²) in [6.07, 6.45) is 0.306. The highest BCUT2D eigenvalue weighted by atomic mass is 35.5. The Morgan fingerprint density at radius 1 is 1.14 bits per heavy atom. The fraction of sp³-hybridized carbons (Fsp3) is 0.190. The van der Waals surface area contributed by atoms with Crippen LogP contribution in [0.3, 0.4) is 0 Å². The summed E-state index contributed by atoms with van der Waals surface area (Å²) < 4.78 is 0. The van der Waals surface area contributed by atoms with Gasteiger partial charge in [-0.3, -0.25) is 4.79 Å². The van der Waals surface area contributed by atoms with Crippen molar-refractivity contribution < 1.29 is 4.79 Å². The van der Waals surface area contributed by atoms with Crippen LogP contribution in [0.25, 0.3) is 22.3 Å². The Bertz CT molecular complexity index is 1100. The summed E-state index contributed by atoms with van der Waals surface area (Å²) in [5.41, 5.74) is 3.70. The molecule has 0 aliphatic heterocycles. The molecule has 5 nitrogen and oxygen atoms in total. The summed E-state index contributed by atoms with van der Waals surface area (Å²) >= 11 is 7.54. The van der Waals surface area contributed by atoms with Gasteiger partial charge >= 0.3 is 0 Å². The molecular weight excluding hydrogens is 392 g/mol. The van der Waals surface area contributed by atoms with E-state index in [1.165, 1.54) is 0 Å². The molecule has 0 atom stereocenters. The van der Waals surface area contributed by atoms with E-state index in [9.17, 15) is 4.79 Å². The van der Waals surface area contributed by atoms with E-state index in [0.29, 0.717) is 18.0 Å². The molecule has 1 amide bonds. The van der Waals surface area contributed by atoms with Crippen LogP contribution in [-0.4, -0.2) is 32.8 Å². The number of hydrogen-bond acceptors (Lipinski definition) is 4. The first kappa shape index (κ1) is 18.7. The van der Waals surface area contributed by atoms with Crippen LogP contribution in [0.5, 0.6) is 0 Å². The average molecular weight is 411 g/mol. The van der Waals surface area contributed by atoms with E-state index in [0.717, 1.165) is 38.0 Å². The summed E-state index contributed by atoms with van der Waals surface area (Å²) in [6, 6.07) is 15.4. The van der Waals surface area contributed by atoms with Crippen LogP contribution in [0.4, 0.5) is 0 Å². The number of imidazole rings is 1. The molecule has 0 unspecified atom stereocenters. The molecule has 2 aromatic heterocycles. The largest absolute Gasteiger partial charge is 0.340 e. The molecule has 2 heterocycles. The second-order valence-electron chi connectivity index (χ2n) is 6.64. The van der Waals surface area contributed by atoms with Crippen molar-refractivity contribution >= 4 is 39.9 Å². The van der Waals surface area contributed by atoms with Gasteiger partial charge in [-0.15, -0.1) is 11.3 Å². The summed E-state index contributed by atoms with van der Waals surface area (Å²) in [5.74, 6) is 0.801. The number of hydrogen-bond donors (Lipinski definition) is 1. The van der Waals surface area contributed by atoms with E-state index in [1.807, 2.05) is 55.5 Å². The molecule has 0 bridgehead atoms. The number of fused-ring (bicyclic) bond motifs is 1. The number of para-hydroxylation sites is 2. The van der Waals surface area contributed by atoms with Crippen LogP contribution in [0.1, 0.15) is 15.7 Å². The second-order valence-corrected chi connectivity index (χ2v) is 8.36. The number of H-pyrrole nitrogens is 1. The van der Waals surface area contributed by atoms with Gasteiger partial charge < -0.3 is 9.88 Å². The number of amides is 1. The van der Waals surface area contributed by atoms with Crippen molar-refractivity contribution in [2.24, 2.45) is 0 Å². The van der Waals surface area contributed by atoms with E-state index >= 15 is 0 Å². The SMILES string of the molecule is Cc1nc(-c2ccc(Cl)cc2)c(CC(=O)N(C)Cc2nc3ccccc3[nH]2)s1. The molecule has 0 spiro atoms. The number of aryl methyl sites for hydroxylation is 1. The number of thiazole rings is 1. The van der Waals surface area contributed by atoms with E-state index in [2.05, 4.69) is 15.0 Å². The highest BCUT2D eigenvalue weighted by molar-refractivity contribution is 7.12. The third-order valence-electron chi connectivity index (χ3n) is 4.48. The molecule has 2 aromatic carbocycles. The molecule has 4 rings (SSSR count). The van der Waals surface area contributed by atoms with Gasteiger partial charge in [0.1, 0.15) is 5.82 Å². The van der Waals surface area contributed by atoms with Crippen molar-refractivity contribution in [3.63, 3.8) is 0 Å². The van der Waals surface area contributed by atoms with Crippen LogP contribution < -0.4 is 0 Å². The Morgan fingerprint density at radius 2 is 1.89 bits per heavy atom. The predicted octanol–water partition coefficient (Wildman–Crippen LogP) is 4.85. The number of aromatic nitrogens is 3. The number of nitrogens with one attached hydrogen (secondary N) is 1. The molecule has 1 N–H and O–H groups in total.